The van der Waals surface area contributed by atoms with E-state index in [1.807, 2.05) is 7.05 Å². The van der Waals surface area contributed by atoms with Crippen LogP contribution in [0.15, 0.2) is 35.3 Å². The van der Waals surface area contributed by atoms with Crippen LogP contribution in [0.5, 0.6) is 0 Å². The molecule has 0 heterocycles. The molecule has 0 amide bonds. The Kier molecular flexibility index (Phi) is 10.1. The van der Waals surface area contributed by atoms with Gasteiger partial charge in [0.25, 0.3) is 0 Å². The first kappa shape index (κ1) is 18.5. The molecule has 0 aliphatic carbocycles. The van der Waals surface area contributed by atoms with Gasteiger partial charge in [0.1, 0.15) is 0 Å². The molecule has 124 valence electrons. The summed E-state index contributed by atoms with van der Waals surface area (Å²) in [6.07, 6.45) is 3.19. The van der Waals surface area contributed by atoms with E-state index < -0.39 is 0 Å². The minimum Gasteiger partial charge on any atom is -0.381 e. The number of hydrogen-bond donors (Lipinski definition) is 2. The van der Waals surface area contributed by atoms with Crippen LogP contribution < -0.4 is 10.6 Å². The van der Waals surface area contributed by atoms with Gasteiger partial charge in [-0.3, -0.25) is 4.99 Å². The first-order valence-electron chi connectivity index (χ1n) is 8.28. The van der Waals surface area contributed by atoms with Gasteiger partial charge in [-0.1, -0.05) is 44.2 Å². The summed E-state index contributed by atoms with van der Waals surface area (Å²) in [5.74, 6) is 1.48. The van der Waals surface area contributed by atoms with Gasteiger partial charge in [0.05, 0.1) is 0 Å². The largest absolute Gasteiger partial charge is 0.381 e. The smallest absolute Gasteiger partial charge is 0.190 e. The van der Waals surface area contributed by atoms with Gasteiger partial charge < -0.3 is 15.4 Å². The highest BCUT2D eigenvalue weighted by Crippen LogP contribution is 2.01. The van der Waals surface area contributed by atoms with E-state index >= 15 is 0 Å². The van der Waals surface area contributed by atoms with Crippen molar-refractivity contribution in [1.29, 1.82) is 0 Å². The second-order valence-electron chi connectivity index (χ2n) is 5.84. The van der Waals surface area contributed by atoms with E-state index in [0.717, 1.165) is 51.5 Å². The van der Waals surface area contributed by atoms with Crippen LogP contribution in [0.1, 0.15) is 32.3 Å². The minimum atomic E-state index is 0.604. The Hall–Kier alpha value is -1.55. The van der Waals surface area contributed by atoms with Gasteiger partial charge in [0.15, 0.2) is 5.96 Å². The maximum atomic E-state index is 5.56. The van der Waals surface area contributed by atoms with Crippen molar-refractivity contribution in [3.8, 4) is 0 Å². The van der Waals surface area contributed by atoms with E-state index in [0.29, 0.717) is 5.92 Å². The van der Waals surface area contributed by atoms with Gasteiger partial charge in [-0.2, -0.15) is 0 Å². The predicted molar refractivity (Wildman–Crippen MR) is 94.4 cm³/mol. The average molecular weight is 305 g/mol. The van der Waals surface area contributed by atoms with E-state index in [4.69, 9.17) is 4.74 Å². The topological polar surface area (TPSA) is 45.7 Å². The maximum Gasteiger partial charge on any atom is 0.190 e. The molecule has 2 N–H and O–H groups in total. The zero-order valence-corrected chi connectivity index (χ0v) is 14.3. The molecule has 0 atom stereocenters. The lowest BCUT2D eigenvalue weighted by Gasteiger charge is -2.12. The zero-order chi connectivity index (χ0) is 16.0. The molecule has 0 aromatic heterocycles. The van der Waals surface area contributed by atoms with Crippen LogP contribution in [0.25, 0.3) is 0 Å². The third-order valence-electron chi connectivity index (χ3n) is 3.21. The zero-order valence-electron chi connectivity index (χ0n) is 14.3. The molecular formula is C18H31N3O. The fraction of sp³-hybridized carbons (Fsp3) is 0.611. The lowest BCUT2D eigenvalue weighted by atomic mass is 10.1. The van der Waals surface area contributed by atoms with Crippen molar-refractivity contribution in [2.45, 2.75) is 33.1 Å². The molecule has 1 rings (SSSR count). The third kappa shape index (κ3) is 9.40. The number of aliphatic imine (C=N–C) groups is 1. The molecule has 0 aliphatic rings. The van der Waals surface area contributed by atoms with E-state index in [-0.39, 0.29) is 0 Å². The Morgan fingerprint density at radius 1 is 1.09 bits per heavy atom. The van der Waals surface area contributed by atoms with Gasteiger partial charge in [0, 0.05) is 33.4 Å². The van der Waals surface area contributed by atoms with Crippen molar-refractivity contribution in [1.82, 2.24) is 10.6 Å². The SMILES string of the molecule is CN=C(NCCCOCC(C)C)NCCCc1ccccc1. The number of guanidine groups is 1. The summed E-state index contributed by atoms with van der Waals surface area (Å²) in [5.41, 5.74) is 1.38. The molecule has 22 heavy (non-hydrogen) atoms. The van der Waals surface area contributed by atoms with E-state index in [2.05, 4.69) is 59.8 Å². The van der Waals surface area contributed by atoms with Gasteiger partial charge in [-0.05, 0) is 30.7 Å². The molecule has 0 saturated heterocycles. The molecule has 0 radical (unpaired) electrons. The highest BCUT2D eigenvalue weighted by molar-refractivity contribution is 5.79. The van der Waals surface area contributed by atoms with Crippen molar-refractivity contribution in [2.75, 3.05) is 33.4 Å². The number of nitrogens with zero attached hydrogens (tertiary/aromatic N) is 1. The number of aryl methyl sites for hydroxylation is 1. The molecule has 1 aromatic rings. The average Bonchev–Trinajstić information content (AvgIpc) is 2.53. The number of benzene rings is 1. The van der Waals surface area contributed by atoms with Crippen LogP contribution in [0.2, 0.25) is 0 Å². The first-order chi connectivity index (χ1) is 10.7. The van der Waals surface area contributed by atoms with Gasteiger partial charge in [-0.15, -0.1) is 0 Å². The Morgan fingerprint density at radius 2 is 1.77 bits per heavy atom. The molecular weight excluding hydrogens is 274 g/mol. The lowest BCUT2D eigenvalue weighted by molar-refractivity contribution is 0.108. The van der Waals surface area contributed by atoms with Gasteiger partial charge in [0.2, 0.25) is 0 Å². The summed E-state index contributed by atoms with van der Waals surface area (Å²) in [5, 5.41) is 6.66. The van der Waals surface area contributed by atoms with Crippen LogP contribution in [0, 0.1) is 5.92 Å². The Bertz CT molecular complexity index is 404. The van der Waals surface area contributed by atoms with Crippen molar-refractivity contribution >= 4 is 5.96 Å². The van der Waals surface area contributed by atoms with Gasteiger partial charge >= 0.3 is 0 Å². The number of rotatable bonds is 10. The van der Waals surface area contributed by atoms with Crippen LogP contribution in [0.3, 0.4) is 0 Å². The van der Waals surface area contributed by atoms with Crippen molar-refractivity contribution in [2.24, 2.45) is 10.9 Å². The molecule has 4 nitrogen and oxygen atoms in total. The third-order valence-corrected chi connectivity index (χ3v) is 3.21. The molecule has 0 spiro atoms. The highest BCUT2D eigenvalue weighted by Gasteiger charge is 1.98. The summed E-state index contributed by atoms with van der Waals surface area (Å²) in [4.78, 5) is 4.23. The molecule has 4 heteroatoms. The Labute approximate surface area is 135 Å². The fourth-order valence-electron chi connectivity index (χ4n) is 2.06. The van der Waals surface area contributed by atoms with Gasteiger partial charge in [-0.25, -0.2) is 0 Å². The fourth-order valence-corrected chi connectivity index (χ4v) is 2.06. The van der Waals surface area contributed by atoms with E-state index in [9.17, 15) is 0 Å². The van der Waals surface area contributed by atoms with Crippen molar-refractivity contribution < 1.29 is 4.74 Å². The maximum absolute atomic E-state index is 5.56. The molecule has 0 fully saturated rings. The molecule has 0 bridgehead atoms. The predicted octanol–water partition coefficient (Wildman–Crippen LogP) is 2.85. The van der Waals surface area contributed by atoms with Crippen molar-refractivity contribution in [3.05, 3.63) is 35.9 Å². The summed E-state index contributed by atoms with van der Waals surface area (Å²) in [6.45, 7) is 7.79. The summed E-state index contributed by atoms with van der Waals surface area (Å²) in [6, 6.07) is 10.6. The molecule has 0 aliphatic heterocycles. The molecule has 1 aromatic carbocycles. The summed E-state index contributed by atoms with van der Waals surface area (Å²) >= 11 is 0. The quantitative estimate of drug-likeness (QED) is 0.397. The lowest BCUT2D eigenvalue weighted by Crippen LogP contribution is -2.38. The summed E-state index contributed by atoms with van der Waals surface area (Å²) in [7, 11) is 1.81. The monoisotopic (exact) mass is 305 g/mol. The number of ether oxygens (including phenoxy) is 1. The number of hydrogen-bond acceptors (Lipinski definition) is 2. The second kappa shape index (κ2) is 12.0. The Balaban J connectivity index is 2.03. The van der Waals surface area contributed by atoms with Crippen molar-refractivity contribution in [3.63, 3.8) is 0 Å². The van der Waals surface area contributed by atoms with Crippen LogP contribution in [-0.2, 0) is 11.2 Å². The minimum absolute atomic E-state index is 0.604. The standard InChI is InChI=1S/C18H31N3O/c1-16(2)15-22-14-8-13-21-18(19-3)20-12-7-11-17-9-5-4-6-10-17/h4-6,9-10,16H,7-8,11-15H2,1-3H3,(H2,19,20,21). The summed E-state index contributed by atoms with van der Waals surface area (Å²) < 4.78 is 5.56. The first-order valence-corrected chi connectivity index (χ1v) is 8.28. The normalized spacial score (nSPS) is 11.7. The molecule has 0 saturated carbocycles. The molecule has 0 unspecified atom stereocenters. The second-order valence-corrected chi connectivity index (χ2v) is 5.84. The Morgan fingerprint density at radius 3 is 2.41 bits per heavy atom. The number of nitrogens with one attached hydrogen (secondary N) is 2. The highest BCUT2D eigenvalue weighted by atomic mass is 16.5. The van der Waals surface area contributed by atoms with Crippen LogP contribution >= 0.6 is 0 Å². The van der Waals surface area contributed by atoms with E-state index in [1.54, 1.807) is 0 Å². The van der Waals surface area contributed by atoms with Crippen LogP contribution in [-0.4, -0.2) is 39.3 Å². The van der Waals surface area contributed by atoms with Crippen LogP contribution in [0.4, 0.5) is 0 Å². The van der Waals surface area contributed by atoms with E-state index in [1.165, 1.54) is 5.56 Å².